The highest BCUT2D eigenvalue weighted by molar-refractivity contribution is 5.69. The summed E-state index contributed by atoms with van der Waals surface area (Å²) in [6.45, 7) is 0. The molecule has 0 spiro atoms. The van der Waals surface area contributed by atoms with Crippen LogP contribution in [0.1, 0.15) is 11.1 Å². The minimum Gasteiger partial charge on any atom is -0.508 e. The molecule has 0 fully saturated rings. The number of rotatable bonds is 2. The van der Waals surface area contributed by atoms with Crippen LogP contribution in [0, 0.1) is 0 Å². The van der Waals surface area contributed by atoms with Crippen molar-refractivity contribution >= 4 is 12.2 Å². The summed E-state index contributed by atoms with van der Waals surface area (Å²) in [7, 11) is 0. The summed E-state index contributed by atoms with van der Waals surface area (Å²) in [5.74, 6) is 0.251. The van der Waals surface area contributed by atoms with Crippen LogP contribution in [-0.4, -0.2) is 10.1 Å². The fourth-order valence-corrected chi connectivity index (χ4v) is 1.30. The summed E-state index contributed by atoms with van der Waals surface area (Å²) in [6.07, 6.45) is 5.45. The second-order valence-corrected chi connectivity index (χ2v) is 3.41. The van der Waals surface area contributed by atoms with Gasteiger partial charge in [0.25, 0.3) is 0 Å². The van der Waals surface area contributed by atoms with E-state index in [9.17, 15) is 4.79 Å². The molecule has 3 heteroatoms. The molecule has 2 N–H and O–H groups in total. The summed E-state index contributed by atoms with van der Waals surface area (Å²) < 4.78 is 0. The fourth-order valence-electron chi connectivity index (χ4n) is 1.30. The Hall–Kier alpha value is -2.29. The second kappa shape index (κ2) is 4.49. The topological polar surface area (TPSA) is 53.1 Å². The van der Waals surface area contributed by atoms with Gasteiger partial charge in [0, 0.05) is 12.3 Å². The average molecular weight is 213 g/mol. The Balaban J connectivity index is 2.18. The Morgan fingerprint density at radius 3 is 2.19 bits per heavy atom. The van der Waals surface area contributed by atoms with E-state index >= 15 is 0 Å². The number of phenolic OH excluding ortho intramolecular Hbond substituents is 1. The van der Waals surface area contributed by atoms with Crippen molar-refractivity contribution in [3.8, 4) is 5.75 Å². The Morgan fingerprint density at radius 2 is 1.56 bits per heavy atom. The van der Waals surface area contributed by atoms with E-state index in [0.29, 0.717) is 0 Å². The lowest BCUT2D eigenvalue weighted by Gasteiger charge is -1.94. The number of aromatic hydroxyl groups is 1. The van der Waals surface area contributed by atoms with Crippen LogP contribution in [0.4, 0.5) is 0 Å². The van der Waals surface area contributed by atoms with Crippen molar-refractivity contribution in [1.82, 2.24) is 4.98 Å². The number of phenols is 1. The molecule has 0 unspecified atom stereocenters. The van der Waals surface area contributed by atoms with Gasteiger partial charge in [-0.05, 0) is 29.3 Å². The molecule has 0 radical (unpaired) electrons. The van der Waals surface area contributed by atoms with Crippen LogP contribution in [0.15, 0.2) is 47.4 Å². The lowest BCUT2D eigenvalue weighted by atomic mass is 10.1. The summed E-state index contributed by atoms with van der Waals surface area (Å²) >= 11 is 0. The summed E-state index contributed by atoms with van der Waals surface area (Å²) in [6, 6.07) is 10.1. The summed E-state index contributed by atoms with van der Waals surface area (Å²) in [5, 5.41) is 9.11. The minimum absolute atomic E-state index is 0.109. The Labute approximate surface area is 92.7 Å². The van der Waals surface area contributed by atoms with Crippen molar-refractivity contribution in [3.63, 3.8) is 0 Å². The third-order valence-electron chi connectivity index (χ3n) is 2.17. The molecule has 1 heterocycles. The molecule has 2 aromatic rings. The van der Waals surface area contributed by atoms with Gasteiger partial charge in [-0.3, -0.25) is 4.79 Å². The van der Waals surface area contributed by atoms with Crippen molar-refractivity contribution in [2.45, 2.75) is 0 Å². The maximum atomic E-state index is 10.8. The first kappa shape index (κ1) is 10.2. The number of aromatic amines is 1. The van der Waals surface area contributed by atoms with E-state index in [1.54, 1.807) is 24.4 Å². The highest BCUT2D eigenvalue weighted by Crippen LogP contribution is 2.12. The van der Waals surface area contributed by atoms with Gasteiger partial charge >= 0.3 is 0 Å². The molecule has 0 saturated heterocycles. The zero-order chi connectivity index (χ0) is 11.4. The van der Waals surface area contributed by atoms with Gasteiger partial charge in [0.05, 0.1) is 0 Å². The van der Waals surface area contributed by atoms with Gasteiger partial charge in [0.15, 0.2) is 0 Å². The molecular formula is C13H11NO2. The molecule has 0 aliphatic carbocycles. The third kappa shape index (κ3) is 2.60. The van der Waals surface area contributed by atoms with E-state index in [1.807, 2.05) is 24.3 Å². The maximum absolute atomic E-state index is 10.8. The third-order valence-corrected chi connectivity index (χ3v) is 2.17. The van der Waals surface area contributed by atoms with E-state index in [0.717, 1.165) is 11.1 Å². The molecule has 1 aromatic heterocycles. The normalized spacial score (nSPS) is 10.8. The standard InChI is InChI=1S/C13H11NO2/c15-12-6-3-10(4-7-12)1-2-11-5-8-13(16)14-9-11/h1-9,15H,(H,14,16). The average Bonchev–Trinajstić information content (AvgIpc) is 2.30. The van der Waals surface area contributed by atoms with E-state index < -0.39 is 0 Å². The van der Waals surface area contributed by atoms with E-state index in [4.69, 9.17) is 5.11 Å². The second-order valence-electron chi connectivity index (χ2n) is 3.41. The molecule has 0 amide bonds. The van der Waals surface area contributed by atoms with Crippen molar-refractivity contribution in [2.24, 2.45) is 0 Å². The first-order valence-electron chi connectivity index (χ1n) is 4.90. The highest BCUT2D eigenvalue weighted by atomic mass is 16.3. The number of nitrogens with one attached hydrogen (secondary N) is 1. The Kier molecular flexibility index (Phi) is 2.87. The van der Waals surface area contributed by atoms with Crippen LogP contribution in [0.3, 0.4) is 0 Å². The van der Waals surface area contributed by atoms with Gasteiger partial charge in [0.2, 0.25) is 5.56 Å². The minimum atomic E-state index is -0.109. The zero-order valence-electron chi connectivity index (χ0n) is 8.55. The zero-order valence-corrected chi connectivity index (χ0v) is 8.55. The molecule has 80 valence electrons. The van der Waals surface area contributed by atoms with Crippen molar-refractivity contribution in [2.75, 3.05) is 0 Å². The summed E-state index contributed by atoms with van der Waals surface area (Å²) in [5.41, 5.74) is 1.80. The molecular weight excluding hydrogens is 202 g/mol. The van der Waals surface area contributed by atoms with Gasteiger partial charge < -0.3 is 10.1 Å². The molecule has 0 atom stereocenters. The monoisotopic (exact) mass is 213 g/mol. The predicted molar refractivity (Wildman–Crippen MR) is 64.1 cm³/mol. The molecule has 1 aromatic carbocycles. The quantitative estimate of drug-likeness (QED) is 0.803. The van der Waals surface area contributed by atoms with Crippen LogP contribution in [0.25, 0.3) is 12.2 Å². The van der Waals surface area contributed by atoms with E-state index in [1.165, 1.54) is 6.07 Å². The van der Waals surface area contributed by atoms with Crippen LogP contribution in [-0.2, 0) is 0 Å². The first-order chi connectivity index (χ1) is 7.74. The smallest absolute Gasteiger partial charge is 0.247 e. The molecule has 0 bridgehead atoms. The van der Waals surface area contributed by atoms with E-state index in [2.05, 4.69) is 4.98 Å². The Morgan fingerprint density at radius 1 is 0.938 bits per heavy atom. The largest absolute Gasteiger partial charge is 0.508 e. The van der Waals surface area contributed by atoms with Gasteiger partial charge in [-0.15, -0.1) is 0 Å². The SMILES string of the molecule is O=c1ccc(C=Cc2ccc(O)cc2)c[nH]1. The number of benzene rings is 1. The number of aromatic nitrogens is 1. The number of hydrogen-bond donors (Lipinski definition) is 2. The molecule has 0 aliphatic heterocycles. The van der Waals surface area contributed by atoms with Crippen LogP contribution >= 0.6 is 0 Å². The molecule has 16 heavy (non-hydrogen) atoms. The molecule has 3 nitrogen and oxygen atoms in total. The van der Waals surface area contributed by atoms with Gasteiger partial charge in [0.1, 0.15) is 5.75 Å². The number of pyridine rings is 1. The van der Waals surface area contributed by atoms with Crippen LogP contribution in [0.5, 0.6) is 5.75 Å². The van der Waals surface area contributed by atoms with Gasteiger partial charge in [-0.2, -0.15) is 0 Å². The van der Waals surface area contributed by atoms with Crippen molar-refractivity contribution in [1.29, 1.82) is 0 Å². The molecule has 0 saturated carbocycles. The van der Waals surface area contributed by atoms with Gasteiger partial charge in [-0.1, -0.05) is 24.3 Å². The lowest BCUT2D eigenvalue weighted by molar-refractivity contribution is 0.475. The van der Waals surface area contributed by atoms with Gasteiger partial charge in [-0.25, -0.2) is 0 Å². The Bertz CT molecular complexity index is 532. The number of H-pyrrole nitrogens is 1. The predicted octanol–water partition coefficient (Wildman–Crippen LogP) is 2.25. The highest BCUT2D eigenvalue weighted by Gasteiger charge is 1.89. The maximum Gasteiger partial charge on any atom is 0.247 e. The molecule has 0 aliphatic rings. The van der Waals surface area contributed by atoms with Crippen molar-refractivity contribution < 1.29 is 5.11 Å². The van der Waals surface area contributed by atoms with Crippen LogP contribution in [0.2, 0.25) is 0 Å². The van der Waals surface area contributed by atoms with Crippen LogP contribution < -0.4 is 5.56 Å². The first-order valence-corrected chi connectivity index (χ1v) is 4.90. The molecule has 2 rings (SSSR count). The lowest BCUT2D eigenvalue weighted by Crippen LogP contribution is -2.00. The van der Waals surface area contributed by atoms with Crippen molar-refractivity contribution in [3.05, 3.63) is 64.1 Å². The number of hydrogen-bond acceptors (Lipinski definition) is 2. The summed E-state index contributed by atoms with van der Waals surface area (Å²) in [4.78, 5) is 13.4. The fraction of sp³-hybridized carbons (Fsp3) is 0. The van der Waals surface area contributed by atoms with E-state index in [-0.39, 0.29) is 11.3 Å².